The fourth-order valence-corrected chi connectivity index (χ4v) is 3.94. The first-order chi connectivity index (χ1) is 16.3. The second kappa shape index (κ2) is 9.84. The smallest absolute Gasteiger partial charge is 0.449 e. The molecule has 172 valence electrons. The van der Waals surface area contributed by atoms with Crippen LogP contribution in [-0.2, 0) is 4.74 Å². The average molecular weight is 463 g/mol. The van der Waals surface area contributed by atoms with Crippen LogP contribution in [0.3, 0.4) is 0 Å². The van der Waals surface area contributed by atoms with E-state index in [0.717, 1.165) is 34.4 Å². The summed E-state index contributed by atoms with van der Waals surface area (Å²) in [4.78, 5) is 23.5. The number of halogens is 3. The molecule has 0 radical (unpaired) electrons. The summed E-state index contributed by atoms with van der Waals surface area (Å²) in [5.41, 5.74) is 4.35. The standard InChI is InChI=1S/C27H20F3NO3/c28-27(29,30)25(32)19-10-7-9-18(16-19)8-5-6-15-31-26(33)34-17-24-22-13-3-1-11-20(22)21-12-2-4-14-23(21)24/h1-4,7,9-14,16,24H,6,15,17H2,(H,31,33). The van der Waals surface area contributed by atoms with Crippen LogP contribution in [0.4, 0.5) is 18.0 Å². The van der Waals surface area contributed by atoms with E-state index in [9.17, 15) is 22.8 Å². The first-order valence-electron chi connectivity index (χ1n) is 10.6. The number of rotatable bonds is 5. The third-order valence-corrected chi connectivity index (χ3v) is 5.48. The van der Waals surface area contributed by atoms with Gasteiger partial charge in [0.05, 0.1) is 0 Å². The lowest BCUT2D eigenvalue weighted by Crippen LogP contribution is -2.26. The van der Waals surface area contributed by atoms with Crippen LogP contribution in [0.2, 0.25) is 0 Å². The van der Waals surface area contributed by atoms with Crippen LogP contribution in [0.1, 0.15) is 39.4 Å². The van der Waals surface area contributed by atoms with Gasteiger partial charge in [-0.25, -0.2) is 4.79 Å². The highest BCUT2D eigenvalue weighted by Crippen LogP contribution is 2.44. The lowest BCUT2D eigenvalue weighted by Gasteiger charge is -2.14. The van der Waals surface area contributed by atoms with Gasteiger partial charge in [0.15, 0.2) is 0 Å². The van der Waals surface area contributed by atoms with E-state index in [1.54, 1.807) is 0 Å². The first-order valence-corrected chi connectivity index (χ1v) is 10.6. The molecule has 0 atom stereocenters. The highest BCUT2D eigenvalue weighted by Gasteiger charge is 2.39. The van der Waals surface area contributed by atoms with Gasteiger partial charge in [-0.05, 0) is 34.4 Å². The van der Waals surface area contributed by atoms with Crippen LogP contribution in [0.5, 0.6) is 0 Å². The van der Waals surface area contributed by atoms with Gasteiger partial charge in [0.25, 0.3) is 5.78 Å². The number of fused-ring (bicyclic) bond motifs is 3. The third kappa shape index (κ3) is 5.12. The molecule has 0 fully saturated rings. The van der Waals surface area contributed by atoms with Gasteiger partial charge in [0, 0.05) is 30.0 Å². The quantitative estimate of drug-likeness (QED) is 0.300. The van der Waals surface area contributed by atoms with Gasteiger partial charge in [-0.15, -0.1) is 0 Å². The van der Waals surface area contributed by atoms with Gasteiger partial charge in [-0.2, -0.15) is 13.2 Å². The normalized spacial score (nSPS) is 12.2. The molecule has 0 aromatic heterocycles. The first kappa shape index (κ1) is 23.1. The topological polar surface area (TPSA) is 55.4 Å². The number of Topliss-reactive ketones (excluding diaryl/α,β-unsaturated/α-hetero) is 1. The Labute approximate surface area is 194 Å². The predicted octanol–water partition coefficient (Wildman–Crippen LogP) is 5.71. The van der Waals surface area contributed by atoms with Crippen molar-refractivity contribution in [3.05, 3.63) is 95.1 Å². The average Bonchev–Trinajstić information content (AvgIpc) is 3.15. The summed E-state index contributed by atoms with van der Waals surface area (Å²) >= 11 is 0. The van der Waals surface area contributed by atoms with E-state index in [-0.39, 0.29) is 31.1 Å². The van der Waals surface area contributed by atoms with Crippen LogP contribution in [0.15, 0.2) is 72.8 Å². The maximum atomic E-state index is 12.6. The minimum atomic E-state index is -4.93. The molecule has 34 heavy (non-hydrogen) atoms. The maximum Gasteiger partial charge on any atom is 0.454 e. The number of ether oxygens (including phenoxy) is 1. The summed E-state index contributed by atoms with van der Waals surface area (Å²) in [6.07, 6.45) is -5.23. The van der Waals surface area contributed by atoms with Crippen molar-refractivity contribution in [2.24, 2.45) is 0 Å². The Morgan fingerprint density at radius 3 is 2.21 bits per heavy atom. The van der Waals surface area contributed by atoms with Crippen molar-refractivity contribution < 1.29 is 27.5 Å². The molecule has 0 heterocycles. The zero-order chi connectivity index (χ0) is 24.1. The van der Waals surface area contributed by atoms with Crippen molar-refractivity contribution in [2.45, 2.75) is 18.5 Å². The van der Waals surface area contributed by atoms with Crippen LogP contribution < -0.4 is 5.32 Å². The van der Waals surface area contributed by atoms with Crippen molar-refractivity contribution in [1.82, 2.24) is 5.32 Å². The maximum absolute atomic E-state index is 12.6. The Balaban J connectivity index is 1.28. The number of benzene rings is 3. The summed E-state index contributed by atoms with van der Waals surface area (Å²) in [6.45, 7) is 0.413. The van der Waals surface area contributed by atoms with E-state index in [4.69, 9.17) is 4.74 Å². The Hall–Kier alpha value is -4.05. The number of hydrogen-bond donors (Lipinski definition) is 1. The van der Waals surface area contributed by atoms with Crippen LogP contribution in [-0.4, -0.2) is 31.2 Å². The number of alkyl halides is 3. The van der Waals surface area contributed by atoms with E-state index in [1.165, 1.54) is 12.1 Å². The van der Waals surface area contributed by atoms with Gasteiger partial charge in [-0.1, -0.05) is 72.5 Å². The molecule has 0 saturated carbocycles. The van der Waals surface area contributed by atoms with Gasteiger partial charge >= 0.3 is 12.3 Å². The molecular formula is C27H20F3NO3. The molecule has 0 spiro atoms. The zero-order valence-electron chi connectivity index (χ0n) is 18.0. The molecule has 4 nitrogen and oxygen atoms in total. The van der Waals surface area contributed by atoms with Crippen molar-refractivity contribution in [3.63, 3.8) is 0 Å². The summed E-state index contributed by atoms with van der Waals surface area (Å²) in [5.74, 6) is 3.53. The van der Waals surface area contributed by atoms with Crippen molar-refractivity contribution in [2.75, 3.05) is 13.2 Å². The van der Waals surface area contributed by atoms with Crippen LogP contribution in [0, 0.1) is 11.8 Å². The van der Waals surface area contributed by atoms with Gasteiger partial charge in [-0.3, -0.25) is 4.79 Å². The number of alkyl carbamates (subject to hydrolysis) is 1. The van der Waals surface area contributed by atoms with Crippen LogP contribution in [0.25, 0.3) is 11.1 Å². The second-order valence-corrected chi connectivity index (χ2v) is 7.71. The molecule has 3 aromatic carbocycles. The SMILES string of the molecule is O=C(NCCC#Cc1cccc(C(=O)C(F)(F)F)c1)OCC1c2ccccc2-c2ccccc21. The highest BCUT2D eigenvalue weighted by molar-refractivity contribution is 6.00. The van der Waals surface area contributed by atoms with E-state index in [2.05, 4.69) is 29.3 Å². The van der Waals surface area contributed by atoms with Crippen molar-refractivity contribution in [1.29, 1.82) is 0 Å². The number of nitrogens with one attached hydrogen (secondary N) is 1. The molecule has 1 N–H and O–H groups in total. The summed E-state index contributed by atoms with van der Waals surface area (Å²) in [6, 6.07) is 21.1. The molecular weight excluding hydrogens is 443 g/mol. The van der Waals surface area contributed by atoms with Gasteiger partial charge < -0.3 is 10.1 Å². The minimum absolute atomic E-state index is 0.0374. The van der Waals surface area contributed by atoms with Gasteiger partial charge in [0.2, 0.25) is 0 Å². The zero-order valence-corrected chi connectivity index (χ0v) is 18.0. The van der Waals surface area contributed by atoms with Gasteiger partial charge in [0.1, 0.15) is 6.61 Å². The molecule has 3 aromatic rings. The molecule has 0 aliphatic heterocycles. The van der Waals surface area contributed by atoms with Crippen molar-refractivity contribution in [3.8, 4) is 23.0 Å². The molecule has 1 aliphatic rings. The molecule has 1 aliphatic carbocycles. The minimum Gasteiger partial charge on any atom is -0.449 e. The Bertz CT molecular complexity index is 1240. The Morgan fingerprint density at radius 2 is 1.56 bits per heavy atom. The van der Waals surface area contributed by atoms with E-state index in [1.807, 2.05) is 36.4 Å². The van der Waals surface area contributed by atoms with Crippen LogP contribution >= 0.6 is 0 Å². The molecule has 1 amide bonds. The highest BCUT2D eigenvalue weighted by atomic mass is 19.4. The fraction of sp³-hybridized carbons (Fsp3) is 0.185. The predicted molar refractivity (Wildman–Crippen MR) is 121 cm³/mol. The summed E-state index contributed by atoms with van der Waals surface area (Å²) in [7, 11) is 0. The van der Waals surface area contributed by atoms with E-state index in [0.29, 0.717) is 0 Å². The van der Waals surface area contributed by atoms with E-state index < -0.39 is 23.6 Å². The molecule has 0 saturated heterocycles. The molecule has 0 unspecified atom stereocenters. The Kier molecular flexibility index (Phi) is 6.69. The number of carbonyl (C=O) groups is 2. The fourth-order valence-electron chi connectivity index (χ4n) is 3.94. The molecule has 0 bridgehead atoms. The second-order valence-electron chi connectivity index (χ2n) is 7.71. The number of hydrogen-bond acceptors (Lipinski definition) is 3. The lowest BCUT2D eigenvalue weighted by atomic mass is 9.98. The monoisotopic (exact) mass is 463 g/mol. The van der Waals surface area contributed by atoms with E-state index >= 15 is 0 Å². The largest absolute Gasteiger partial charge is 0.454 e. The summed E-state index contributed by atoms with van der Waals surface area (Å²) in [5, 5.41) is 2.62. The number of amides is 1. The molecule has 4 rings (SSSR count). The third-order valence-electron chi connectivity index (χ3n) is 5.48. The number of carbonyl (C=O) groups excluding carboxylic acids is 2. The Morgan fingerprint density at radius 1 is 0.912 bits per heavy atom. The number of ketones is 1. The molecule has 7 heteroatoms. The lowest BCUT2D eigenvalue weighted by molar-refractivity contribution is -0.0885. The summed E-state index contributed by atoms with van der Waals surface area (Å²) < 4.78 is 43.1. The van der Waals surface area contributed by atoms with Crippen molar-refractivity contribution >= 4 is 11.9 Å².